The number of hydrogen-bond acceptors (Lipinski definition) is 2. The van der Waals surface area contributed by atoms with E-state index in [4.69, 9.17) is 16.3 Å². The molecule has 0 radical (unpaired) electrons. The summed E-state index contributed by atoms with van der Waals surface area (Å²) >= 11 is 5.81. The zero-order chi connectivity index (χ0) is 13.8. The highest BCUT2D eigenvalue weighted by Crippen LogP contribution is 2.17. The summed E-state index contributed by atoms with van der Waals surface area (Å²) in [5, 5.41) is 1.14. The van der Waals surface area contributed by atoms with Crippen LogP contribution in [0.3, 0.4) is 0 Å². The van der Waals surface area contributed by atoms with Crippen molar-refractivity contribution in [3.8, 4) is 5.75 Å². The van der Waals surface area contributed by atoms with Gasteiger partial charge in [-0.3, -0.25) is 0 Å². The van der Waals surface area contributed by atoms with E-state index in [1.807, 2.05) is 48.5 Å². The number of benzene rings is 2. The van der Waals surface area contributed by atoms with Gasteiger partial charge in [-0.05, 0) is 29.8 Å². The average molecular weight is 320 g/mol. The Morgan fingerprint density at radius 1 is 0.952 bits per heavy atom. The molecular weight excluding hydrogens is 305 g/mol. The van der Waals surface area contributed by atoms with Crippen LogP contribution in [0.25, 0.3) is 10.9 Å². The van der Waals surface area contributed by atoms with Gasteiger partial charge >= 0.3 is 0 Å². The molecule has 1 aromatic heterocycles. The Kier molecular flexibility index (Phi) is 5.43. The van der Waals surface area contributed by atoms with Crippen molar-refractivity contribution in [2.45, 2.75) is 12.5 Å². The molecule has 0 fully saturated rings. The summed E-state index contributed by atoms with van der Waals surface area (Å²) in [7, 11) is 0. The van der Waals surface area contributed by atoms with Crippen LogP contribution in [0.1, 0.15) is 11.3 Å². The van der Waals surface area contributed by atoms with Crippen molar-refractivity contribution >= 4 is 34.9 Å². The number of alkyl halides is 1. The van der Waals surface area contributed by atoms with E-state index >= 15 is 0 Å². The van der Waals surface area contributed by atoms with Crippen LogP contribution in [0.4, 0.5) is 0 Å². The molecule has 2 nitrogen and oxygen atoms in total. The second kappa shape index (κ2) is 7.30. The normalized spacial score (nSPS) is 10.1. The van der Waals surface area contributed by atoms with Gasteiger partial charge in [0.05, 0.1) is 11.2 Å². The topological polar surface area (TPSA) is 22.1 Å². The summed E-state index contributed by atoms with van der Waals surface area (Å²) in [6.45, 7) is 0.455. The van der Waals surface area contributed by atoms with Gasteiger partial charge in [-0.2, -0.15) is 0 Å². The molecule has 0 saturated heterocycles. The fourth-order valence-electron chi connectivity index (χ4n) is 2.06. The Balaban J connectivity index is 0.00000161. The largest absolute Gasteiger partial charge is 0.487 e. The Morgan fingerprint density at radius 2 is 1.81 bits per heavy atom. The first-order valence-electron chi connectivity index (χ1n) is 6.47. The SMILES string of the molecule is Cl.ClCc1cccc(OCc2ccc3ccccc3n2)c1. The molecule has 0 atom stereocenters. The second-order valence-corrected chi connectivity index (χ2v) is 4.83. The molecule has 0 saturated carbocycles. The molecule has 108 valence electrons. The summed E-state index contributed by atoms with van der Waals surface area (Å²) < 4.78 is 5.76. The van der Waals surface area contributed by atoms with Gasteiger partial charge in [-0.1, -0.05) is 36.4 Å². The summed E-state index contributed by atoms with van der Waals surface area (Å²) in [5.74, 6) is 1.31. The highest BCUT2D eigenvalue weighted by atomic mass is 35.5. The van der Waals surface area contributed by atoms with Crippen LogP contribution < -0.4 is 4.74 Å². The summed E-state index contributed by atoms with van der Waals surface area (Å²) in [4.78, 5) is 4.58. The monoisotopic (exact) mass is 319 g/mol. The quantitative estimate of drug-likeness (QED) is 0.633. The van der Waals surface area contributed by atoms with E-state index < -0.39 is 0 Å². The minimum Gasteiger partial charge on any atom is -0.487 e. The van der Waals surface area contributed by atoms with Crippen molar-refractivity contribution in [3.63, 3.8) is 0 Å². The molecule has 0 aliphatic rings. The lowest BCUT2D eigenvalue weighted by atomic mass is 10.2. The lowest BCUT2D eigenvalue weighted by Gasteiger charge is -2.07. The maximum absolute atomic E-state index is 5.81. The molecule has 0 bridgehead atoms. The molecular formula is C17H15Cl2NO. The first-order valence-corrected chi connectivity index (χ1v) is 7.01. The van der Waals surface area contributed by atoms with E-state index in [0.717, 1.165) is 27.9 Å². The van der Waals surface area contributed by atoms with E-state index in [2.05, 4.69) is 17.1 Å². The molecule has 0 unspecified atom stereocenters. The van der Waals surface area contributed by atoms with Crippen LogP contribution in [0.5, 0.6) is 5.75 Å². The van der Waals surface area contributed by atoms with Crippen molar-refractivity contribution in [3.05, 3.63) is 71.9 Å². The fraction of sp³-hybridized carbons (Fsp3) is 0.118. The third-order valence-electron chi connectivity index (χ3n) is 3.10. The highest BCUT2D eigenvalue weighted by Gasteiger charge is 2.00. The van der Waals surface area contributed by atoms with Gasteiger partial charge in [0.1, 0.15) is 12.4 Å². The Bertz CT molecular complexity index is 731. The van der Waals surface area contributed by atoms with Crippen molar-refractivity contribution in [2.75, 3.05) is 0 Å². The van der Waals surface area contributed by atoms with Crippen LogP contribution in [-0.2, 0) is 12.5 Å². The van der Waals surface area contributed by atoms with Gasteiger partial charge in [-0.15, -0.1) is 24.0 Å². The minimum atomic E-state index is 0. The molecule has 3 aromatic rings. The predicted molar refractivity (Wildman–Crippen MR) is 89.3 cm³/mol. The van der Waals surface area contributed by atoms with E-state index in [-0.39, 0.29) is 12.4 Å². The summed E-state index contributed by atoms with van der Waals surface area (Å²) in [5.41, 5.74) is 2.96. The molecule has 0 N–H and O–H groups in total. The first kappa shape index (κ1) is 15.6. The van der Waals surface area contributed by atoms with E-state index in [1.165, 1.54) is 0 Å². The molecule has 2 aromatic carbocycles. The van der Waals surface area contributed by atoms with Crippen LogP contribution in [0, 0.1) is 0 Å². The lowest BCUT2D eigenvalue weighted by molar-refractivity contribution is 0.301. The highest BCUT2D eigenvalue weighted by molar-refractivity contribution is 6.17. The van der Waals surface area contributed by atoms with Crippen molar-refractivity contribution in [1.29, 1.82) is 0 Å². The van der Waals surface area contributed by atoms with E-state index in [0.29, 0.717) is 12.5 Å². The average Bonchev–Trinajstić information content (AvgIpc) is 2.53. The fourth-order valence-corrected chi connectivity index (χ4v) is 2.23. The Morgan fingerprint density at radius 3 is 2.67 bits per heavy atom. The zero-order valence-corrected chi connectivity index (χ0v) is 12.9. The number of fused-ring (bicyclic) bond motifs is 1. The molecule has 0 aliphatic heterocycles. The van der Waals surface area contributed by atoms with Gasteiger partial charge in [0.25, 0.3) is 0 Å². The molecule has 0 amide bonds. The Hall–Kier alpha value is -1.77. The predicted octanol–water partition coefficient (Wildman–Crippen LogP) is 4.97. The van der Waals surface area contributed by atoms with Crippen molar-refractivity contribution in [1.82, 2.24) is 4.98 Å². The zero-order valence-electron chi connectivity index (χ0n) is 11.3. The molecule has 0 spiro atoms. The van der Waals surface area contributed by atoms with E-state index in [9.17, 15) is 0 Å². The minimum absolute atomic E-state index is 0. The van der Waals surface area contributed by atoms with Crippen molar-refractivity contribution < 1.29 is 4.74 Å². The second-order valence-electron chi connectivity index (χ2n) is 4.57. The maximum atomic E-state index is 5.81. The molecule has 1 heterocycles. The van der Waals surface area contributed by atoms with Crippen LogP contribution in [-0.4, -0.2) is 4.98 Å². The van der Waals surface area contributed by atoms with Gasteiger partial charge in [0.15, 0.2) is 0 Å². The number of hydrogen-bond donors (Lipinski definition) is 0. The van der Waals surface area contributed by atoms with Gasteiger partial charge < -0.3 is 4.74 Å². The molecule has 0 aliphatic carbocycles. The van der Waals surface area contributed by atoms with Crippen LogP contribution in [0.15, 0.2) is 60.7 Å². The number of nitrogens with zero attached hydrogens (tertiary/aromatic N) is 1. The smallest absolute Gasteiger partial charge is 0.130 e. The number of ether oxygens (including phenoxy) is 1. The summed E-state index contributed by atoms with van der Waals surface area (Å²) in [6, 6.07) is 19.9. The number of pyridine rings is 1. The van der Waals surface area contributed by atoms with Crippen LogP contribution >= 0.6 is 24.0 Å². The molecule has 21 heavy (non-hydrogen) atoms. The molecule has 4 heteroatoms. The first-order chi connectivity index (χ1) is 9.85. The van der Waals surface area contributed by atoms with Crippen LogP contribution in [0.2, 0.25) is 0 Å². The third kappa shape index (κ3) is 3.87. The third-order valence-corrected chi connectivity index (χ3v) is 3.40. The lowest BCUT2D eigenvalue weighted by Crippen LogP contribution is -1.98. The maximum Gasteiger partial charge on any atom is 0.130 e. The Labute approximate surface area is 135 Å². The van der Waals surface area contributed by atoms with E-state index in [1.54, 1.807) is 0 Å². The van der Waals surface area contributed by atoms with Gasteiger partial charge in [0, 0.05) is 11.3 Å². The standard InChI is InChI=1S/C17H14ClNO.ClH/c18-11-13-4-3-6-16(10-13)20-12-15-9-8-14-5-1-2-7-17(14)19-15;/h1-10H,11-12H2;1H. The van der Waals surface area contributed by atoms with Crippen molar-refractivity contribution in [2.24, 2.45) is 0 Å². The number of para-hydroxylation sites is 1. The van der Waals surface area contributed by atoms with Gasteiger partial charge in [-0.25, -0.2) is 4.98 Å². The number of halogens is 2. The number of aromatic nitrogens is 1. The summed E-state index contributed by atoms with van der Waals surface area (Å²) in [6.07, 6.45) is 0. The van der Waals surface area contributed by atoms with Gasteiger partial charge in [0.2, 0.25) is 0 Å². The number of rotatable bonds is 4. The molecule has 3 rings (SSSR count).